The predicted molar refractivity (Wildman–Crippen MR) is 41.1 cm³/mol. The van der Waals surface area contributed by atoms with E-state index >= 15 is 0 Å². The van der Waals surface area contributed by atoms with Gasteiger partial charge < -0.3 is 0 Å². The summed E-state index contributed by atoms with van der Waals surface area (Å²) in [4.78, 5) is 18.8. The van der Waals surface area contributed by atoms with Crippen LogP contribution in [0.2, 0.25) is 0 Å². The van der Waals surface area contributed by atoms with Gasteiger partial charge in [0.25, 0.3) is 0 Å². The van der Waals surface area contributed by atoms with Gasteiger partial charge in [0.1, 0.15) is 5.60 Å². The van der Waals surface area contributed by atoms with Crippen molar-refractivity contribution in [3.05, 3.63) is 0 Å². The summed E-state index contributed by atoms with van der Waals surface area (Å²) in [5.41, 5.74) is 2.31. The first-order valence-electron chi connectivity index (χ1n) is 4.48. The van der Waals surface area contributed by atoms with Crippen LogP contribution in [0.15, 0.2) is 0 Å². The van der Waals surface area contributed by atoms with Gasteiger partial charge in [-0.15, -0.1) is 0 Å². The highest BCUT2D eigenvalue weighted by molar-refractivity contribution is 5.78. The average molecular weight is 168 g/mol. The van der Waals surface area contributed by atoms with Crippen LogP contribution in [0.4, 0.5) is 0 Å². The lowest BCUT2D eigenvalue weighted by molar-refractivity contribution is -0.127. The number of rotatable bonds is 0. The van der Waals surface area contributed by atoms with Crippen molar-refractivity contribution < 1.29 is 9.63 Å². The quantitative estimate of drug-likeness (QED) is 0.531. The molecule has 66 valence electrons. The first kappa shape index (κ1) is 6.86. The Hall–Kier alpha value is -0.610. The molecular weight excluding hydrogens is 156 g/mol. The number of carbonyl (C=O) groups is 1. The number of carbonyl (C=O) groups excluding carboxylic acids is 1. The maximum absolute atomic E-state index is 11.0. The molecule has 1 amide bonds. The SMILES string of the molecule is O=C1CC2(CN3CCC2C3)ON1. The number of hydrogen-bond donors (Lipinski definition) is 1. The number of fused-ring (bicyclic) bond motifs is 3. The summed E-state index contributed by atoms with van der Waals surface area (Å²) < 4.78 is 0. The zero-order chi connectivity index (χ0) is 8.18. The van der Waals surface area contributed by atoms with E-state index in [1.807, 2.05) is 0 Å². The first-order chi connectivity index (χ1) is 5.78. The highest BCUT2D eigenvalue weighted by atomic mass is 16.7. The van der Waals surface area contributed by atoms with E-state index in [2.05, 4.69) is 10.4 Å². The van der Waals surface area contributed by atoms with Gasteiger partial charge in [0.15, 0.2) is 0 Å². The van der Waals surface area contributed by atoms with Crippen LogP contribution in [-0.2, 0) is 9.63 Å². The van der Waals surface area contributed by atoms with Crippen molar-refractivity contribution >= 4 is 5.91 Å². The minimum atomic E-state index is -0.157. The Morgan fingerprint density at radius 3 is 3.08 bits per heavy atom. The molecule has 1 spiro atoms. The van der Waals surface area contributed by atoms with E-state index in [1.165, 1.54) is 13.0 Å². The fraction of sp³-hybridized carbons (Fsp3) is 0.875. The summed E-state index contributed by atoms with van der Waals surface area (Å²) in [5, 5.41) is 0. The molecule has 3 fully saturated rings. The van der Waals surface area contributed by atoms with E-state index in [1.54, 1.807) is 0 Å². The third kappa shape index (κ3) is 0.716. The van der Waals surface area contributed by atoms with Crippen molar-refractivity contribution in [2.24, 2.45) is 5.92 Å². The summed E-state index contributed by atoms with van der Waals surface area (Å²) in [6, 6.07) is 0. The summed E-state index contributed by atoms with van der Waals surface area (Å²) >= 11 is 0. The van der Waals surface area contributed by atoms with E-state index in [4.69, 9.17) is 4.84 Å². The van der Waals surface area contributed by atoms with Gasteiger partial charge in [-0.3, -0.25) is 14.5 Å². The second-order valence-electron chi connectivity index (χ2n) is 4.09. The summed E-state index contributed by atoms with van der Waals surface area (Å²) in [6.45, 7) is 3.25. The number of nitrogens with one attached hydrogen (secondary N) is 1. The topological polar surface area (TPSA) is 41.6 Å². The molecule has 4 heteroatoms. The molecule has 0 aliphatic carbocycles. The Kier molecular flexibility index (Phi) is 1.14. The Morgan fingerprint density at radius 2 is 2.58 bits per heavy atom. The Labute approximate surface area is 70.8 Å². The van der Waals surface area contributed by atoms with Crippen molar-refractivity contribution in [1.29, 1.82) is 0 Å². The lowest BCUT2D eigenvalue weighted by Gasteiger charge is -2.29. The van der Waals surface area contributed by atoms with Crippen molar-refractivity contribution in [1.82, 2.24) is 10.4 Å². The molecule has 3 aliphatic heterocycles. The van der Waals surface area contributed by atoms with Crippen LogP contribution in [0.25, 0.3) is 0 Å². The standard InChI is InChI=1S/C8H12N2O2/c11-7-3-8(12-9-7)5-10-2-1-6(8)4-10/h6H,1-5H2,(H,9,11). The van der Waals surface area contributed by atoms with Crippen LogP contribution in [0.3, 0.4) is 0 Å². The molecule has 12 heavy (non-hydrogen) atoms. The van der Waals surface area contributed by atoms with Gasteiger partial charge >= 0.3 is 0 Å². The molecule has 0 aromatic carbocycles. The molecule has 3 unspecified atom stereocenters. The van der Waals surface area contributed by atoms with Gasteiger partial charge in [-0.2, -0.15) is 0 Å². The van der Waals surface area contributed by atoms with Crippen LogP contribution in [-0.4, -0.2) is 36.0 Å². The molecule has 0 aromatic rings. The average Bonchev–Trinajstić information content (AvgIpc) is 2.67. The lowest BCUT2D eigenvalue weighted by Crippen LogP contribution is -2.42. The summed E-state index contributed by atoms with van der Waals surface area (Å²) in [6.07, 6.45) is 1.75. The first-order valence-corrected chi connectivity index (χ1v) is 4.48. The van der Waals surface area contributed by atoms with Gasteiger partial charge in [0.2, 0.25) is 5.91 Å². The molecule has 2 bridgehead atoms. The van der Waals surface area contributed by atoms with Gasteiger partial charge in [0, 0.05) is 19.0 Å². The third-order valence-electron chi connectivity index (χ3n) is 3.34. The van der Waals surface area contributed by atoms with E-state index < -0.39 is 0 Å². The summed E-state index contributed by atoms with van der Waals surface area (Å²) in [5.74, 6) is 0.625. The number of piperidine rings is 1. The van der Waals surface area contributed by atoms with E-state index in [0.29, 0.717) is 12.3 Å². The molecule has 4 nitrogen and oxygen atoms in total. The highest BCUT2D eigenvalue weighted by Gasteiger charge is 2.55. The number of hydroxylamine groups is 1. The maximum Gasteiger partial charge on any atom is 0.246 e. The highest BCUT2D eigenvalue weighted by Crippen LogP contribution is 2.42. The van der Waals surface area contributed by atoms with E-state index in [9.17, 15) is 4.79 Å². The van der Waals surface area contributed by atoms with E-state index in [-0.39, 0.29) is 11.5 Å². The molecule has 3 atom stereocenters. The zero-order valence-corrected chi connectivity index (χ0v) is 6.88. The Bertz CT molecular complexity index is 243. The largest absolute Gasteiger partial charge is 0.300 e. The fourth-order valence-electron chi connectivity index (χ4n) is 2.73. The number of amides is 1. The normalized spacial score (nSPS) is 50.5. The minimum absolute atomic E-state index is 0.0451. The van der Waals surface area contributed by atoms with Crippen molar-refractivity contribution in [2.45, 2.75) is 18.4 Å². The van der Waals surface area contributed by atoms with Crippen LogP contribution < -0.4 is 5.48 Å². The smallest absolute Gasteiger partial charge is 0.246 e. The molecule has 3 heterocycles. The fourth-order valence-corrected chi connectivity index (χ4v) is 2.73. The van der Waals surface area contributed by atoms with Crippen LogP contribution in [0.1, 0.15) is 12.8 Å². The van der Waals surface area contributed by atoms with Crippen molar-refractivity contribution in [3.63, 3.8) is 0 Å². The van der Waals surface area contributed by atoms with Gasteiger partial charge in [0.05, 0.1) is 6.42 Å². The molecule has 0 saturated carbocycles. The van der Waals surface area contributed by atoms with Crippen LogP contribution in [0, 0.1) is 5.92 Å². The van der Waals surface area contributed by atoms with Crippen molar-refractivity contribution in [2.75, 3.05) is 19.6 Å². The number of nitrogens with zero attached hydrogens (tertiary/aromatic N) is 1. The predicted octanol–water partition coefficient (Wildman–Crippen LogP) is -0.488. The second kappa shape index (κ2) is 2.00. The third-order valence-corrected chi connectivity index (χ3v) is 3.34. The second-order valence-corrected chi connectivity index (χ2v) is 4.09. The summed E-state index contributed by atoms with van der Waals surface area (Å²) in [7, 11) is 0. The monoisotopic (exact) mass is 168 g/mol. The maximum atomic E-state index is 11.0. The zero-order valence-electron chi connectivity index (χ0n) is 6.88. The molecule has 0 aromatic heterocycles. The molecule has 3 saturated heterocycles. The van der Waals surface area contributed by atoms with Gasteiger partial charge in [-0.05, 0) is 13.0 Å². The Morgan fingerprint density at radius 1 is 1.67 bits per heavy atom. The molecule has 3 rings (SSSR count). The Balaban J connectivity index is 1.88. The molecule has 3 aliphatic rings. The van der Waals surface area contributed by atoms with Crippen molar-refractivity contribution in [3.8, 4) is 0 Å². The minimum Gasteiger partial charge on any atom is -0.300 e. The lowest BCUT2D eigenvalue weighted by atomic mass is 9.85. The molecular formula is C8H12N2O2. The van der Waals surface area contributed by atoms with Gasteiger partial charge in [-0.1, -0.05) is 0 Å². The number of hydrogen-bond acceptors (Lipinski definition) is 3. The van der Waals surface area contributed by atoms with Crippen LogP contribution >= 0.6 is 0 Å². The molecule has 1 N–H and O–H groups in total. The van der Waals surface area contributed by atoms with Gasteiger partial charge in [-0.25, -0.2) is 5.48 Å². The van der Waals surface area contributed by atoms with E-state index in [0.717, 1.165) is 13.1 Å². The van der Waals surface area contributed by atoms with Crippen LogP contribution in [0.5, 0.6) is 0 Å². The molecule has 0 radical (unpaired) electrons.